The highest BCUT2D eigenvalue weighted by molar-refractivity contribution is 5.99. The first-order valence-electron chi connectivity index (χ1n) is 7.17. The maximum absolute atomic E-state index is 11.9. The van der Waals surface area contributed by atoms with Crippen molar-refractivity contribution < 1.29 is 14.6 Å². The van der Waals surface area contributed by atoms with Crippen LogP contribution in [-0.2, 0) is 11.3 Å². The second-order valence-corrected chi connectivity index (χ2v) is 5.12. The Morgan fingerprint density at radius 3 is 2.90 bits per heavy atom. The van der Waals surface area contributed by atoms with Gasteiger partial charge in [-0.05, 0) is 31.8 Å². The van der Waals surface area contributed by atoms with E-state index in [1.54, 1.807) is 0 Å². The molecular weight excluding hydrogens is 274 g/mol. The third-order valence-corrected chi connectivity index (χ3v) is 3.71. The van der Waals surface area contributed by atoms with Crippen LogP contribution in [0.4, 0.5) is 11.6 Å². The number of nitrogens with one attached hydrogen (secondary N) is 2. The minimum absolute atomic E-state index is 0.0970. The number of piperidine rings is 1. The van der Waals surface area contributed by atoms with E-state index < -0.39 is 5.97 Å². The van der Waals surface area contributed by atoms with Gasteiger partial charge in [-0.1, -0.05) is 0 Å². The average Bonchev–Trinajstić information content (AvgIpc) is 2.82. The van der Waals surface area contributed by atoms with Crippen molar-refractivity contribution in [2.45, 2.75) is 19.4 Å². The van der Waals surface area contributed by atoms with Gasteiger partial charge in [-0.2, -0.15) is 5.10 Å². The van der Waals surface area contributed by atoms with Gasteiger partial charge in [0.25, 0.3) is 0 Å². The summed E-state index contributed by atoms with van der Waals surface area (Å²) < 4.78 is 6.17. The Balaban J connectivity index is 2.12. The molecule has 0 aromatic carbocycles. The van der Waals surface area contributed by atoms with Crippen LogP contribution in [0.2, 0.25) is 0 Å². The maximum Gasteiger partial charge on any atom is 0.345 e. The minimum atomic E-state index is -0.524. The Morgan fingerprint density at radius 1 is 1.57 bits per heavy atom. The molecule has 1 aliphatic rings. The highest BCUT2D eigenvalue weighted by Gasteiger charge is 2.23. The Morgan fingerprint density at radius 2 is 2.29 bits per heavy atom. The number of ether oxygens (including phenoxy) is 1. The van der Waals surface area contributed by atoms with E-state index in [0.29, 0.717) is 11.7 Å². The van der Waals surface area contributed by atoms with Gasteiger partial charge in [0.05, 0.1) is 20.3 Å². The molecule has 118 valence electrons. The fourth-order valence-corrected chi connectivity index (χ4v) is 2.49. The zero-order chi connectivity index (χ0) is 15.2. The maximum atomic E-state index is 11.9. The summed E-state index contributed by atoms with van der Waals surface area (Å²) in [4.78, 5) is 11.9. The van der Waals surface area contributed by atoms with E-state index in [9.17, 15) is 4.79 Å². The molecule has 21 heavy (non-hydrogen) atoms. The third kappa shape index (κ3) is 3.64. The van der Waals surface area contributed by atoms with E-state index in [1.807, 2.05) is 0 Å². The molecule has 0 aliphatic carbocycles. The average molecular weight is 297 g/mol. The predicted octanol–water partition coefficient (Wildman–Crippen LogP) is -0.344. The number of carbonyl (C=O) groups is 1. The first-order chi connectivity index (χ1) is 10.2. The molecule has 2 heterocycles. The van der Waals surface area contributed by atoms with Crippen molar-refractivity contribution in [2.75, 3.05) is 44.4 Å². The molecule has 1 saturated heterocycles. The van der Waals surface area contributed by atoms with Crippen molar-refractivity contribution in [3.8, 4) is 0 Å². The van der Waals surface area contributed by atoms with Gasteiger partial charge in [0.15, 0.2) is 5.82 Å². The molecule has 0 unspecified atom stereocenters. The molecule has 0 bridgehead atoms. The molecule has 5 N–H and O–H groups in total. The van der Waals surface area contributed by atoms with Gasteiger partial charge in [-0.3, -0.25) is 0 Å². The monoisotopic (exact) mass is 297 g/mol. The van der Waals surface area contributed by atoms with E-state index in [2.05, 4.69) is 15.7 Å². The van der Waals surface area contributed by atoms with Gasteiger partial charge >= 0.3 is 5.97 Å². The minimum Gasteiger partial charge on any atom is -0.465 e. The van der Waals surface area contributed by atoms with Gasteiger partial charge < -0.3 is 26.2 Å². The lowest BCUT2D eigenvalue weighted by Crippen LogP contribution is -2.31. The molecule has 1 fully saturated rings. The number of aliphatic hydroxyl groups excluding tert-OH is 1. The predicted molar refractivity (Wildman–Crippen MR) is 79.1 cm³/mol. The Kier molecular flexibility index (Phi) is 5.40. The topological polar surface area (TPSA) is 114 Å². The number of rotatable bonds is 6. The van der Waals surface area contributed by atoms with Crippen LogP contribution in [0.15, 0.2) is 0 Å². The Bertz CT molecular complexity index is 482. The lowest BCUT2D eigenvalue weighted by Gasteiger charge is -2.22. The van der Waals surface area contributed by atoms with Crippen LogP contribution in [0.1, 0.15) is 23.2 Å². The zero-order valence-corrected chi connectivity index (χ0v) is 12.3. The number of hydrogen-bond donors (Lipinski definition) is 4. The fourth-order valence-electron chi connectivity index (χ4n) is 2.49. The standard InChI is InChI=1S/C13H23N5O3/c1-21-13(20)10-11(14)18(6-7-19)17-12(10)16-8-9-2-4-15-5-3-9/h9,15,19H,2-8,14H2,1H3,(H,16,17). The molecule has 0 atom stereocenters. The second kappa shape index (κ2) is 7.28. The van der Waals surface area contributed by atoms with Crippen LogP contribution in [0.3, 0.4) is 0 Å². The molecular formula is C13H23N5O3. The number of esters is 1. The normalized spacial score (nSPS) is 15.9. The van der Waals surface area contributed by atoms with Gasteiger partial charge in [0.2, 0.25) is 0 Å². The molecule has 1 aromatic heterocycles. The smallest absolute Gasteiger partial charge is 0.345 e. The van der Waals surface area contributed by atoms with Crippen LogP contribution >= 0.6 is 0 Å². The van der Waals surface area contributed by atoms with Crippen LogP contribution < -0.4 is 16.4 Å². The Hall–Kier alpha value is -1.80. The number of nitrogens with zero attached hydrogens (tertiary/aromatic N) is 2. The number of aliphatic hydroxyl groups is 1. The molecule has 8 heteroatoms. The van der Waals surface area contributed by atoms with Crippen LogP contribution in [-0.4, -0.2) is 54.2 Å². The molecule has 2 rings (SSSR count). The molecule has 0 saturated carbocycles. The molecule has 8 nitrogen and oxygen atoms in total. The summed E-state index contributed by atoms with van der Waals surface area (Å²) in [6, 6.07) is 0. The number of anilines is 2. The van der Waals surface area contributed by atoms with Gasteiger partial charge in [0, 0.05) is 6.54 Å². The third-order valence-electron chi connectivity index (χ3n) is 3.71. The van der Waals surface area contributed by atoms with Crippen molar-refractivity contribution in [3.63, 3.8) is 0 Å². The summed E-state index contributed by atoms with van der Waals surface area (Å²) in [5, 5.41) is 19.8. The number of aromatic nitrogens is 2. The Labute approximate surface area is 123 Å². The van der Waals surface area contributed by atoms with Crippen LogP contribution in [0, 0.1) is 5.92 Å². The molecule has 1 aromatic rings. The largest absolute Gasteiger partial charge is 0.465 e. The summed E-state index contributed by atoms with van der Waals surface area (Å²) in [7, 11) is 1.31. The number of nitrogen functional groups attached to an aromatic ring is 1. The molecule has 0 spiro atoms. The number of nitrogens with two attached hydrogens (primary N) is 1. The second-order valence-electron chi connectivity index (χ2n) is 5.12. The van der Waals surface area contributed by atoms with E-state index in [1.165, 1.54) is 11.8 Å². The molecule has 0 radical (unpaired) electrons. The van der Waals surface area contributed by atoms with Crippen molar-refractivity contribution in [1.82, 2.24) is 15.1 Å². The zero-order valence-electron chi connectivity index (χ0n) is 12.3. The summed E-state index contributed by atoms with van der Waals surface area (Å²) >= 11 is 0. The van der Waals surface area contributed by atoms with Gasteiger partial charge in [0.1, 0.15) is 11.4 Å². The summed E-state index contributed by atoms with van der Waals surface area (Å²) in [6.45, 7) is 2.90. The van der Waals surface area contributed by atoms with E-state index in [-0.39, 0.29) is 24.5 Å². The van der Waals surface area contributed by atoms with Crippen LogP contribution in [0.25, 0.3) is 0 Å². The SMILES string of the molecule is COC(=O)c1c(NCC2CCNCC2)nn(CCO)c1N. The van der Waals surface area contributed by atoms with Crippen molar-refractivity contribution in [3.05, 3.63) is 5.56 Å². The number of methoxy groups -OCH3 is 1. The van der Waals surface area contributed by atoms with Gasteiger partial charge in [-0.15, -0.1) is 0 Å². The van der Waals surface area contributed by atoms with Crippen molar-refractivity contribution >= 4 is 17.6 Å². The molecule has 0 amide bonds. The van der Waals surface area contributed by atoms with E-state index in [0.717, 1.165) is 32.5 Å². The highest BCUT2D eigenvalue weighted by Crippen LogP contribution is 2.23. The van der Waals surface area contributed by atoms with Crippen molar-refractivity contribution in [1.29, 1.82) is 0 Å². The van der Waals surface area contributed by atoms with Crippen LogP contribution in [0.5, 0.6) is 0 Å². The fraction of sp³-hybridized carbons (Fsp3) is 0.692. The van der Waals surface area contributed by atoms with Crippen molar-refractivity contribution in [2.24, 2.45) is 5.92 Å². The lowest BCUT2D eigenvalue weighted by molar-refractivity contribution is 0.0603. The van der Waals surface area contributed by atoms with E-state index in [4.69, 9.17) is 15.6 Å². The summed E-state index contributed by atoms with van der Waals surface area (Å²) in [5.41, 5.74) is 6.15. The summed E-state index contributed by atoms with van der Waals surface area (Å²) in [6.07, 6.45) is 2.18. The molecule has 1 aliphatic heterocycles. The first-order valence-corrected chi connectivity index (χ1v) is 7.17. The highest BCUT2D eigenvalue weighted by atomic mass is 16.5. The lowest BCUT2D eigenvalue weighted by atomic mass is 9.98. The summed E-state index contributed by atoms with van der Waals surface area (Å²) in [5.74, 6) is 0.653. The van der Waals surface area contributed by atoms with E-state index >= 15 is 0 Å². The number of carbonyl (C=O) groups excluding carboxylic acids is 1. The number of hydrogen-bond acceptors (Lipinski definition) is 7. The first kappa shape index (κ1) is 15.6. The quantitative estimate of drug-likeness (QED) is 0.531. The van der Waals surface area contributed by atoms with Gasteiger partial charge in [-0.25, -0.2) is 9.48 Å².